The Morgan fingerprint density at radius 2 is 1.90 bits per heavy atom. The number of carbonyl (C=O) groups is 2. The number of esters is 1. The average molecular weight is 422 g/mol. The average Bonchev–Trinajstić information content (AvgIpc) is 2.70. The maximum absolute atomic E-state index is 12.7. The van der Waals surface area contributed by atoms with Crippen LogP contribution in [0.2, 0.25) is 0 Å². The Kier molecular flexibility index (Phi) is 8.96. The van der Waals surface area contributed by atoms with E-state index in [-0.39, 0.29) is 31.3 Å². The fraction of sp³-hybridized carbons (Fsp3) is 0.652. The molecule has 0 spiro atoms. The zero-order valence-electron chi connectivity index (χ0n) is 18.7. The molecule has 0 aromatic heterocycles. The highest BCUT2D eigenvalue weighted by Crippen LogP contribution is 2.26. The quantitative estimate of drug-likeness (QED) is 0.697. The smallest absolute Gasteiger partial charge is 0.408 e. The minimum atomic E-state index is -0.940. The number of benzene rings is 1. The molecule has 30 heavy (non-hydrogen) atoms. The van der Waals surface area contributed by atoms with Crippen LogP contribution in [0.15, 0.2) is 30.3 Å². The number of carbonyl (C=O) groups excluding carboxylic acids is 2. The van der Waals surface area contributed by atoms with Crippen molar-refractivity contribution in [2.45, 2.75) is 77.7 Å². The van der Waals surface area contributed by atoms with Gasteiger partial charge in [0.15, 0.2) is 6.04 Å². The second-order valence-corrected chi connectivity index (χ2v) is 8.65. The van der Waals surface area contributed by atoms with Gasteiger partial charge in [-0.25, -0.2) is 9.59 Å². The second-order valence-electron chi connectivity index (χ2n) is 8.65. The lowest BCUT2D eigenvalue weighted by molar-refractivity contribution is -0.154. The van der Waals surface area contributed by atoms with E-state index in [2.05, 4.69) is 12.2 Å². The van der Waals surface area contributed by atoms with Crippen molar-refractivity contribution >= 4 is 12.1 Å². The highest BCUT2D eigenvalue weighted by atomic mass is 16.6. The van der Waals surface area contributed by atoms with Crippen molar-refractivity contribution in [2.24, 2.45) is 5.92 Å². The molecule has 0 radical (unpaired) electrons. The molecule has 1 N–H and O–H groups in total. The van der Waals surface area contributed by atoms with Crippen molar-refractivity contribution in [3.05, 3.63) is 30.3 Å². The number of nitrogens with one attached hydrogen (secondary N) is 1. The molecule has 7 nitrogen and oxygen atoms in total. The van der Waals surface area contributed by atoms with E-state index in [1.54, 1.807) is 20.8 Å². The van der Waals surface area contributed by atoms with Crippen LogP contribution in [0.4, 0.5) is 4.79 Å². The van der Waals surface area contributed by atoms with Crippen LogP contribution in [0.3, 0.4) is 0 Å². The Morgan fingerprint density at radius 3 is 2.53 bits per heavy atom. The van der Waals surface area contributed by atoms with Crippen molar-refractivity contribution in [2.75, 3.05) is 13.2 Å². The van der Waals surface area contributed by atoms with E-state index in [1.165, 1.54) is 0 Å². The second kappa shape index (κ2) is 11.2. The molecule has 1 heterocycles. The first-order chi connectivity index (χ1) is 14.2. The van der Waals surface area contributed by atoms with Crippen LogP contribution >= 0.6 is 0 Å². The maximum atomic E-state index is 12.7. The molecule has 0 saturated carbocycles. The lowest BCUT2D eigenvalue weighted by atomic mass is 9.91. The Bertz CT molecular complexity index is 672. The first-order valence-corrected chi connectivity index (χ1v) is 10.7. The Morgan fingerprint density at radius 1 is 1.20 bits per heavy atom. The predicted octanol–water partition coefficient (Wildman–Crippen LogP) is 4.10. The first kappa shape index (κ1) is 24.0. The highest BCUT2D eigenvalue weighted by Gasteiger charge is 2.36. The highest BCUT2D eigenvalue weighted by molar-refractivity contribution is 5.81. The number of hydrogen-bond donors (Lipinski definition) is 1. The number of para-hydroxylation sites is 1. The monoisotopic (exact) mass is 421 g/mol. The van der Waals surface area contributed by atoms with Gasteiger partial charge in [0.05, 0.1) is 13.2 Å². The summed E-state index contributed by atoms with van der Waals surface area (Å²) >= 11 is 0. The molecule has 2 rings (SSSR count). The van der Waals surface area contributed by atoms with Crippen LogP contribution in [0, 0.1) is 5.92 Å². The summed E-state index contributed by atoms with van der Waals surface area (Å²) < 4.78 is 23.0. The lowest BCUT2D eigenvalue weighted by Crippen LogP contribution is -2.47. The largest absolute Gasteiger partial charge is 0.488 e. The predicted molar refractivity (Wildman–Crippen MR) is 113 cm³/mol. The van der Waals surface area contributed by atoms with Gasteiger partial charge in [-0.1, -0.05) is 38.0 Å². The summed E-state index contributed by atoms with van der Waals surface area (Å²) in [5.74, 6) is 0.179. The molecule has 1 fully saturated rings. The molecule has 1 aliphatic heterocycles. The molecule has 1 saturated heterocycles. The summed E-state index contributed by atoms with van der Waals surface area (Å²) in [4.78, 5) is 24.8. The normalized spacial score (nSPS) is 25.3. The van der Waals surface area contributed by atoms with Gasteiger partial charge in [0.25, 0.3) is 0 Å². The maximum Gasteiger partial charge on any atom is 0.408 e. The molecule has 1 aromatic carbocycles. The summed E-state index contributed by atoms with van der Waals surface area (Å²) in [6.07, 6.45) is 1.51. The molecular formula is C23H35NO6. The van der Waals surface area contributed by atoms with Crippen molar-refractivity contribution in [1.82, 2.24) is 5.32 Å². The topological polar surface area (TPSA) is 83.1 Å². The standard InChI is InChI=1S/C23H35NO6/c1-6-7-13-18-16(2)28-21(25)19(24-22(26)30-23(3,4)5)14-27-15-20(18)29-17-11-9-8-10-12-17/h8-12,16,18-20H,6-7,13-15H2,1-5H3,(H,24,26)/t16-,18-,19-,20-/m0/s1. The summed E-state index contributed by atoms with van der Waals surface area (Å²) in [6, 6.07) is 8.61. The van der Waals surface area contributed by atoms with E-state index in [9.17, 15) is 9.59 Å². The van der Waals surface area contributed by atoms with E-state index < -0.39 is 23.7 Å². The number of hydrogen-bond acceptors (Lipinski definition) is 6. The molecule has 1 aliphatic rings. The molecule has 0 bridgehead atoms. The van der Waals surface area contributed by atoms with E-state index in [0.717, 1.165) is 25.0 Å². The fourth-order valence-corrected chi connectivity index (χ4v) is 3.35. The van der Waals surface area contributed by atoms with Crippen molar-refractivity contribution < 1.29 is 28.5 Å². The summed E-state index contributed by atoms with van der Waals surface area (Å²) in [6.45, 7) is 9.55. The van der Waals surface area contributed by atoms with Gasteiger partial charge in [0, 0.05) is 5.92 Å². The molecule has 1 amide bonds. The summed E-state index contributed by atoms with van der Waals surface area (Å²) in [7, 11) is 0. The van der Waals surface area contributed by atoms with Crippen LogP contribution in [0.1, 0.15) is 53.9 Å². The Balaban J connectivity index is 2.13. The third-order valence-corrected chi connectivity index (χ3v) is 4.85. The van der Waals surface area contributed by atoms with Crippen molar-refractivity contribution in [3.63, 3.8) is 0 Å². The number of ether oxygens (including phenoxy) is 4. The fourth-order valence-electron chi connectivity index (χ4n) is 3.35. The van der Waals surface area contributed by atoms with Gasteiger partial charge >= 0.3 is 12.1 Å². The number of cyclic esters (lactones) is 1. The Labute approximate surface area is 179 Å². The summed E-state index contributed by atoms with van der Waals surface area (Å²) in [5.41, 5.74) is -0.666. The van der Waals surface area contributed by atoms with Gasteiger partial charge < -0.3 is 24.3 Å². The summed E-state index contributed by atoms with van der Waals surface area (Å²) in [5, 5.41) is 2.56. The van der Waals surface area contributed by atoms with Crippen molar-refractivity contribution in [3.8, 4) is 5.75 Å². The van der Waals surface area contributed by atoms with Crippen LogP contribution in [-0.4, -0.2) is 49.1 Å². The van der Waals surface area contributed by atoms with E-state index >= 15 is 0 Å². The van der Waals surface area contributed by atoms with Crippen LogP contribution in [-0.2, 0) is 19.0 Å². The van der Waals surface area contributed by atoms with Gasteiger partial charge in [-0.2, -0.15) is 0 Å². The molecule has 7 heteroatoms. The van der Waals surface area contributed by atoms with Gasteiger partial charge in [0.2, 0.25) is 0 Å². The lowest BCUT2D eigenvalue weighted by Gasteiger charge is -2.31. The zero-order chi connectivity index (χ0) is 22.1. The SMILES string of the molecule is CCCC[C@H]1[C@H](C)OC(=O)[C@@H](NC(=O)OC(C)(C)C)COC[C@@H]1Oc1ccccc1. The van der Waals surface area contributed by atoms with E-state index in [1.807, 2.05) is 37.3 Å². The number of rotatable bonds is 6. The van der Waals surface area contributed by atoms with E-state index in [4.69, 9.17) is 18.9 Å². The first-order valence-electron chi connectivity index (χ1n) is 10.7. The molecule has 168 valence electrons. The molecule has 0 unspecified atom stereocenters. The van der Waals surface area contributed by atoms with Crippen LogP contribution in [0.5, 0.6) is 5.75 Å². The van der Waals surface area contributed by atoms with Crippen molar-refractivity contribution in [1.29, 1.82) is 0 Å². The molecular weight excluding hydrogens is 386 g/mol. The van der Waals surface area contributed by atoms with Gasteiger partial charge in [0.1, 0.15) is 23.6 Å². The molecule has 0 aliphatic carbocycles. The third-order valence-electron chi connectivity index (χ3n) is 4.85. The molecule has 1 aromatic rings. The third kappa shape index (κ3) is 7.86. The van der Waals surface area contributed by atoms with Gasteiger partial charge in [-0.15, -0.1) is 0 Å². The Hall–Kier alpha value is -2.28. The molecule has 4 atom stereocenters. The van der Waals surface area contributed by atoms with Crippen LogP contribution in [0.25, 0.3) is 0 Å². The van der Waals surface area contributed by atoms with Gasteiger partial charge in [-0.05, 0) is 46.2 Å². The number of alkyl carbamates (subject to hydrolysis) is 1. The number of unbranched alkanes of at least 4 members (excludes halogenated alkanes) is 1. The minimum Gasteiger partial charge on any atom is -0.488 e. The van der Waals surface area contributed by atoms with Crippen LogP contribution < -0.4 is 10.1 Å². The zero-order valence-corrected chi connectivity index (χ0v) is 18.7. The number of amides is 1. The minimum absolute atomic E-state index is 0.0139. The van der Waals surface area contributed by atoms with Gasteiger partial charge in [-0.3, -0.25) is 0 Å². The van der Waals surface area contributed by atoms with E-state index in [0.29, 0.717) is 0 Å².